The molecule has 5 nitrogen and oxygen atoms in total. The highest BCUT2D eigenvalue weighted by molar-refractivity contribution is 6.02. The van der Waals surface area contributed by atoms with Gasteiger partial charge in [0.05, 0.1) is 18.9 Å². The summed E-state index contributed by atoms with van der Waals surface area (Å²) in [6.07, 6.45) is 2.76. The molecule has 2 aromatic carbocycles. The maximum atomic E-state index is 6.72. The number of rotatable bonds is 2. The standard InChI is InChI=1S/C23H27N3O2/c1-16-7-9-17(10-8-16)19-15-20-18-5-4-6-21(27-3)22(18)28-23(26(20)24-19)11-13-25(2)14-12-23/h4-10,20H,11-15H2,1-3H3. The Hall–Kier alpha value is -2.53. The van der Waals surface area contributed by atoms with Crippen molar-refractivity contribution in [2.45, 2.75) is 38.0 Å². The molecule has 1 atom stereocenters. The van der Waals surface area contributed by atoms with Crippen molar-refractivity contribution in [1.29, 1.82) is 0 Å². The number of benzene rings is 2. The lowest BCUT2D eigenvalue weighted by Gasteiger charge is -2.50. The second-order valence-corrected chi connectivity index (χ2v) is 8.21. The second-order valence-electron chi connectivity index (χ2n) is 8.21. The Morgan fingerprint density at radius 1 is 1.11 bits per heavy atom. The molecule has 1 saturated heterocycles. The molecule has 1 spiro atoms. The molecular weight excluding hydrogens is 350 g/mol. The Bertz CT molecular complexity index is 914. The first-order chi connectivity index (χ1) is 13.6. The summed E-state index contributed by atoms with van der Waals surface area (Å²) in [5.41, 5.74) is 4.39. The first-order valence-corrected chi connectivity index (χ1v) is 10.1. The number of likely N-dealkylation sites (tertiary alicyclic amines) is 1. The van der Waals surface area contributed by atoms with Crippen LogP contribution in [-0.2, 0) is 0 Å². The molecule has 1 fully saturated rings. The number of aryl methyl sites for hydroxylation is 1. The third-order valence-corrected chi connectivity index (χ3v) is 6.36. The summed E-state index contributed by atoms with van der Waals surface area (Å²) in [7, 11) is 3.89. The van der Waals surface area contributed by atoms with E-state index in [2.05, 4.69) is 60.3 Å². The van der Waals surface area contributed by atoms with Crippen LogP contribution in [0.4, 0.5) is 0 Å². The van der Waals surface area contributed by atoms with Crippen molar-refractivity contribution in [2.75, 3.05) is 27.2 Å². The van der Waals surface area contributed by atoms with Crippen LogP contribution >= 0.6 is 0 Å². The van der Waals surface area contributed by atoms with Crippen LogP contribution in [0.25, 0.3) is 0 Å². The van der Waals surface area contributed by atoms with Gasteiger partial charge in [0, 0.05) is 37.9 Å². The molecule has 5 heteroatoms. The van der Waals surface area contributed by atoms with Crippen molar-refractivity contribution in [3.63, 3.8) is 0 Å². The van der Waals surface area contributed by atoms with E-state index < -0.39 is 5.72 Å². The lowest BCUT2D eigenvalue weighted by Crippen LogP contribution is -2.58. The maximum absolute atomic E-state index is 6.72. The molecule has 0 amide bonds. The molecule has 5 rings (SSSR count). The lowest BCUT2D eigenvalue weighted by molar-refractivity contribution is -0.148. The second kappa shape index (κ2) is 6.52. The molecule has 0 aliphatic carbocycles. The Balaban J connectivity index is 1.60. The summed E-state index contributed by atoms with van der Waals surface area (Å²) >= 11 is 0. The summed E-state index contributed by atoms with van der Waals surface area (Å²) in [4.78, 5) is 2.36. The minimum atomic E-state index is -0.398. The summed E-state index contributed by atoms with van der Waals surface area (Å²) in [6, 6.07) is 15.1. The monoisotopic (exact) mass is 377 g/mol. The van der Waals surface area contributed by atoms with Crippen LogP contribution in [0.5, 0.6) is 11.5 Å². The van der Waals surface area contributed by atoms with Gasteiger partial charge in [-0.3, -0.25) is 0 Å². The Morgan fingerprint density at radius 3 is 2.57 bits per heavy atom. The Kier molecular flexibility index (Phi) is 4.09. The van der Waals surface area contributed by atoms with Gasteiger partial charge in [0.15, 0.2) is 11.5 Å². The van der Waals surface area contributed by atoms with Gasteiger partial charge < -0.3 is 14.4 Å². The summed E-state index contributed by atoms with van der Waals surface area (Å²) in [5.74, 6) is 1.72. The van der Waals surface area contributed by atoms with Crippen LogP contribution in [0, 0.1) is 6.92 Å². The van der Waals surface area contributed by atoms with E-state index in [9.17, 15) is 0 Å². The van der Waals surface area contributed by atoms with Crippen molar-refractivity contribution in [2.24, 2.45) is 5.10 Å². The molecule has 0 aromatic heterocycles. The van der Waals surface area contributed by atoms with Crippen LogP contribution in [0.1, 0.15) is 42.0 Å². The zero-order valence-electron chi connectivity index (χ0n) is 16.8. The molecule has 28 heavy (non-hydrogen) atoms. The predicted octanol–water partition coefficient (Wildman–Crippen LogP) is 3.97. The number of nitrogens with zero attached hydrogens (tertiary/aromatic N) is 3. The molecule has 0 N–H and O–H groups in total. The van der Waals surface area contributed by atoms with Crippen molar-refractivity contribution >= 4 is 5.71 Å². The van der Waals surface area contributed by atoms with E-state index in [1.165, 1.54) is 16.7 Å². The quantitative estimate of drug-likeness (QED) is 0.794. The summed E-state index contributed by atoms with van der Waals surface area (Å²) < 4.78 is 12.4. The van der Waals surface area contributed by atoms with Crippen LogP contribution in [-0.4, -0.2) is 48.6 Å². The van der Waals surface area contributed by atoms with Gasteiger partial charge in [0.1, 0.15) is 0 Å². The molecule has 1 unspecified atom stereocenters. The normalized spacial score (nSPS) is 23.0. The number of piperidine rings is 1. The Morgan fingerprint density at radius 2 is 1.86 bits per heavy atom. The van der Waals surface area contributed by atoms with Crippen LogP contribution in [0.3, 0.4) is 0 Å². The highest BCUT2D eigenvalue weighted by atomic mass is 16.5. The third-order valence-electron chi connectivity index (χ3n) is 6.36. The van der Waals surface area contributed by atoms with Crippen LogP contribution < -0.4 is 9.47 Å². The third kappa shape index (κ3) is 2.68. The number of para-hydroxylation sites is 1. The van der Waals surface area contributed by atoms with E-state index in [1.54, 1.807) is 7.11 Å². The zero-order valence-corrected chi connectivity index (χ0v) is 16.8. The van der Waals surface area contributed by atoms with E-state index in [0.29, 0.717) is 0 Å². The Labute approximate surface area is 166 Å². The minimum absolute atomic E-state index is 0.193. The highest BCUT2D eigenvalue weighted by Gasteiger charge is 2.52. The fourth-order valence-corrected chi connectivity index (χ4v) is 4.65. The van der Waals surface area contributed by atoms with Gasteiger partial charge >= 0.3 is 0 Å². The van der Waals surface area contributed by atoms with Gasteiger partial charge in [-0.15, -0.1) is 0 Å². The van der Waals surface area contributed by atoms with Crippen molar-refractivity contribution in [3.8, 4) is 11.5 Å². The fourth-order valence-electron chi connectivity index (χ4n) is 4.65. The molecule has 0 bridgehead atoms. The fraction of sp³-hybridized carbons (Fsp3) is 0.435. The number of hydrogen-bond donors (Lipinski definition) is 0. The maximum Gasteiger partial charge on any atom is 0.200 e. The molecule has 3 aliphatic rings. The molecular formula is C23H27N3O2. The highest BCUT2D eigenvalue weighted by Crippen LogP contribution is 2.52. The topological polar surface area (TPSA) is 37.3 Å². The molecule has 3 heterocycles. The van der Waals surface area contributed by atoms with E-state index in [4.69, 9.17) is 14.6 Å². The average Bonchev–Trinajstić information content (AvgIpc) is 3.17. The summed E-state index contributed by atoms with van der Waals surface area (Å²) in [6.45, 7) is 4.12. The van der Waals surface area contributed by atoms with E-state index in [-0.39, 0.29) is 6.04 Å². The van der Waals surface area contributed by atoms with Gasteiger partial charge in [-0.1, -0.05) is 42.0 Å². The van der Waals surface area contributed by atoms with Crippen molar-refractivity contribution < 1.29 is 9.47 Å². The molecule has 2 aromatic rings. The number of methoxy groups -OCH3 is 1. The number of hydrogen-bond acceptors (Lipinski definition) is 5. The minimum Gasteiger partial charge on any atom is -0.493 e. The first kappa shape index (κ1) is 17.6. The average molecular weight is 377 g/mol. The molecule has 0 saturated carbocycles. The van der Waals surface area contributed by atoms with Gasteiger partial charge in [-0.2, -0.15) is 5.10 Å². The van der Waals surface area contributed by atoms with Gasteiger partial charge in [0.25, 0.3) is 0 Å². The molecule has 0 radical (unpaired) electrons. The number of ether oxygens (including phenoxy) is 2. The van der Waals surface area contributed by atoms with Crippen LogP contribution in [0.2, 0.25) is 0 Å². The van der Waals surface area contributed by atoms with E-state index in [0.717, 1.165) is 49.6 Å². The molecule has 146 valence electrons. The largest absolute Gasteiger partial charge is 0.493 e. The smallest absolute Gasteiger partial charge is 0.200 e. The van der Waals surface area contributed by atoms with E-state index >= 15 is 0 Å². The molecule has 3 aliphatic heterocycles. The summed E-state index contributed by atoms with van der Waals surface area (Å²) in [5, 5.41) is 7.39. The SMILES string of the molecule is COc1cccc2c1OC1(CCN(C)CC1)N1N=C(c3ccc(C)cc3)CC21. The zero-order chi connectivity index (χ0) is 19.3. The number of fused-ring (bicyclic) bond motifs is 4. The first-order valence-electron chi connectivity index (χ1n) is 10.1. The van der Waals surface area contributed by atoms with Crippen molar-refractivity contribution in [1.82, 2.24) is 9.91 Å². The van der Waals surface area contributed by atoms with E-state index in [1.807, 2.05) is 6.07 Å². The van der Waals surface area contributed by atoms with Gasteiger partial charge in [-0.05, 0) is 25.6 Å². The lowest BCUT2D eigenvalue weighted by atomic mass is 9.90. The van der Waals surface area contributed by atoms with Gasteiger partial charge in [-0.25, -0.2) is 5.01 Å². The predicted molar refractivity (Wildman–Crippen MR) is 110 cm³/mol. The van der Waals surface area contributed by atoms with Crippen LogP contribution in [0.15, 0.2) is 47.6 Å². The number of hydrazone groups is 1. The van der Waals surface area contributed by atoms with Gasteiger partial charge in [0.2, 0.25) is 5.72 Å². The van der Waals surface area contributed by atoms with Crippen molar-refractivity contribution in [3.05, 3.63) is 59.2 Å².